The van der Waals surface area contributed by atoms with Gasteiger partial charge in [-0.2, -0.15) is 5.43 Å². The van der Waals surface area contributed by atoms with Gasteiger partial charge in [0, 0.05) is 7.05 Å². The van der Waals surface area contributed by atoms with Crippen molar-refractivity contribution in [2.45, 2.75) is 26.3 Å². The fourth-order valence-corrected chi connectivity index (χ4v) is 0.335. The first-order chi connectivity index (χ1) is 3.81. The Labute approximate surface area is 56.8 Å². The van der Waals surface area contributed by atoms with Gasteiger partial charge in [0.2, 0.25) is 0 Å². The van der Waals surface area contributed by atoms with E-state index in [0.717, 1.165) is 0 Å². The highest BCUT2D eigenvalue weighted by atomic mass is 16.6. The molecule has 9 heavy (non-hydrogen) atoms. The standard InChI is InChI=1S/C6H16N2O/c1-6(2,3)8(5,9)7-4/h7H,1-5H3. The number of nitrogens with zero attached hydrogens (tertiary/aromatic N) is 1. The number of hydroxylamine groups is 2. The van der Waals surface area contributed by atoms with Crippen molar-refractivity contribution in [2.24, 2.45) is 0 Å². The van der Waals surface area contributed by atoms with Crippen LogP contribution in [0, 0.1) is 5.21 Å². The second-order valence-electron chi connectivity index (χ2n) is 3.32. The van der Waals surface area contributed by atoms with E-state index >= 15 is 0 Å². The predicted molar refractivity (Wildman–Crippen MR) is 38.4 cm³/mol. The molecule has 0 aliphatic carbocycles. The van der Waals surface area contributed by atoms with Crippen LogP contribution in [0.5, 0.6) is 0 Å². The first-order valence-corrected chi connectivity index (χ1v) is 3.08. The van der Waals surface area contributed by atoms with E-state index in [4.69, 9.17) is 0 Å². The molecule has 3 nitrogen and oxygen atoms in total. The molecule has 0 spiro atoms. The average Bonchev–Trinajstić information content (AvgIpc) is 1.64. The summed E-state index contributed by atoms with van der Waals surface area (Å²) >= 11 is 0. The molecular weight excluding hydrogens is 116 g/mol. The zero-order valence-electron chi connectivity index (χ0n) is 6.86. The molecule has 0 amide bonds. The van der Waals surface area contributed by atoms with Crippen LogP contribution < -0.4 is 5.43 Å². The van der Waals surface area contributed by atoms with Crippen LogP contribution in [-0.2, 0) is 0 Å². The van der Waals surface area contributed by atoms with Crippen molar-refractivity contribution in [3.05, 3.63) is 5.21 Å². The zero-order valence-corrected chi connectivity index (χ0v) is 6.86. The molecule has 0 aromatic carbocycles. The lowest BCUT2D eigenvalue weighted by molar-refractivity contribution is -0.947. The molecule has 1 N–H and O–H groups in total. The molecule has 0 saturated heterocycles. The molecule has 0 heterocycles. The minimum absolute atomic E-state index is 0.283. The van der Waals surface area contributed by atoms with E-state index in [1.165, 1.54) is 0 Å². The number of quaternary nitrogens is 1. The molecule has 0 aromatic heterocycles. The van der Waals surface area contributed by atoms with Gasteiger partial charge in [0.15, 0.2) is 0 Å². The van der Waals surface area contributed by atoms with Crippen LogP contribution in [0.2, 0.25) is 0 Å². The highest BCUT2D eigenvalue weighted by Crippen LogP contribution is 2.15. The summed E-state index contributed by atoms with van der Waals surface area (Å²) in [7, 11) is 3.26. The Morgan fingerprint density at radius 2 is 1.67 bits per heavy atom. The third-order valence-corrected chi connectivity index (χ3v) is 1.71. The van der Waals surface area contributed by atoms with Gasteiger partial charge in [-0.15, -0.1) is 0 Å². The summed E-state index contributed by atoms with van der Waals surface area (Å²) in [6, 6.07) is 0. The fraction of sp³-hybridized carbons (Fsp3) is 1.00. The van der Waals surface area contributed by atoms with Gasteiger partial charge in [-0.3, -0.25) is 4.76 Å². The van der Waals surface area contributed by atoms with Crippen molar-refractivity contribution >= 4 is 0 Å². The SMILES string of the molecule is CN[N+](C)([O-])C(C)(C)C. The van der Waals surface area contributed by atoms with E-state index in [1.807, 2.05) is 20.8 Å². The summed E-state index contributed by atoms with van der Waals surface area (Å²) < 4.78 is -0.410. The van der Waals surface area contributed by atoms with Gasteiger partial charge in [-0.05, 0) is 20.8 Å². The van der Waals surface area contributed by atoms with Gasteiger partial charge < -0.3 is 5.21 Å². The number of rotatable bonds is 1. The van der Waals surface area contributed by atoms with Crippen LogP contribution in [0.4, 0.5) is 0 Å². The average molecular weight is 132 g/mol. The molecule has 0 aliphatic rings. The van der Waals surface area contributed by atoms with Gasteiger partial charge in [0.05, 0.1) is 7.05 Å². The third-order valence-electron chi connectivity index (χ3n) is 1.71. The maximum atomic E-state index is 11.3. The zero-order chi connectivity index (χ0) is 7.71. The van der Waals surface area contributed by atoms with Gasteiger partial charge >= 0.3 is 0 Å². The van der Waals surface area contributed by atoms with Crippen molar-refractivity contribution in [3.63, 3.8) is 0 Å². The van der Waals surface area contributed by atoms with Crippen molar-refractivity contribution < 1.29 is 4.76 Å². The Morgan fingerprint density at radius 3 is 1.67 bits per heavy atom. The lowest BCUT2D eigenvalue weighted by Gasteiger charge is -2.47. The molecule has 0 bridgehead atoms. The van der Waals surface area contributed by atoms with Gasteiger partial charge in [-0.1, -0.05) is 0 Å². The molecule has 0 aromatic rings. The molecule has 0 aliphatic heterocycles. The highest BCUT2D eigenvalue weighted by molar-refractivity contribution is 4.59. The molecular formula is C6H16N2O. The largest absolute Gasteiger partial charge is 0.611 e. The van der Waals surface area contributed by atoms with E-state index in [0.29, 0.717) is 0 Å². The molecule has 0 rings (SSSR count). The molecule has 1 atom stereocenters. The summed E-state index contributed by atoms with van der Waals surface area (Å²) in [6.45, 7) is 5.70. The van der Waals surface area contributed by atoms with Crippen LogP contribution in [0.25, 0.3) is 0 Å². The van der Waals surface area contributed by atoms with Gasteiger partial charge in [-0.25, -0.2) is 0 Å². The molecule has 0 saturated carbocycles. The maximum Gasteiger partial charge on any atom is 0.108 e. The van der Waals surface area contributed by atoms with E-state index in [2.05, 4.69) is 5.43 Å². The molecule has 1 unspecified atom stereocenters. The topological polar surface area (TPSA) is 35.1 Å². The summed E-state index contributed by atoms with van der Waals surface area (Å²) in [5.41, 5.74) is 2.38. The van der Waals surface area contributed by atoms with Crippen molar-refractivity contribution in [1.82, 2.24) is 5.43 Å². The Bertz CT molecular complexity index is 93.7. The first kappa shape index (κ1) is 8.88. The number of hydrogen-bond donors (Lipinski definition) is 1. The Balaban J connectivity index is 4.14. The van der Waals surface area contributed by atoms with Gasteiger partial charge in [0.1, 0.15) is 5.54 Å². The molecule has 56 valence electrons. The summed E-state index contributed by atoms with van der Waals surface area (Å²) in [4.78, 5) is 0. The maximum absolute atomic E-state index is 11.3. The van der Waals surface area contributed by atoms with E-state index < -0.39 is 4.76 Å². The predicted octanol–water partition coefficient (Wildman–Crippen LogP) is 0.864. The van der Waals surface area contributed by atoms with Crippen molar-refractivity contribution in [2.75, 3.05) is 14.1 Å². The molecule has 0 fully saturated rings. The first-order valence-electron chi connectivity index (χ1n) is 3.08. The molecule has 0 radical (unpaired) electrons. The molecule has 3 heteroatoms. The van der Waals surface area contributed by atoms with Gasteiger partial charge in [0.25, 0.3) is 0 Å². The summed E-state index contributed by atoms with van der Waals surface area (Å²) in [6.07, 6.45) is 0. The second kappa shape index (κ2) is 2.25. The number of hydrogen-bond acceptors (Lipinski definition) is 2. The minimum atomic E-state index is -0.410. The van der Waals surface area contributed by atoms with E-state index in [9.17, 15) is 5.21 Å². The Hall–Kier alpha value is -0.120. The quantitative estimate of drug-likeness (QED) is 0.424. The lowest BCUT2D eigenvalue weighted by atomic mass is 10.1. The lowest BCUT2D eigenvalue weighted by Crippen LogP contribution is -2.59. The van der Waals surface area contributed by atoms with Crippen molar-refractivity contribution in [3.8, 4) is 0 Å². The van der Waals surface area contributed by atoms with E-state index in [1.54, 1.807) is 14.1 Å². The van der Waals surface area contributed by atoms with Crippen LogP contribution in [0.1, 0.15) is 20.8 Å². The van der Waals surface area contributed by atoms with Crippen LogP contribution in [0.15, 0.2) is 0 Å². The van der Waals surface area contributed by atoms with Crippen LogP contribution in [-0.4, -0.2) is 24.4 Å². The van der Waals surface area contributed by atoms with Crippen LogP contribution >= 0.6 is 0 Å². The van der Waals surface area contributed by atoms with Crippen molar-refractivity contribution in [1.29, 1.82) is 0 Å². The monoisotopic (exact) mass is 132 g/mol. The minimum Gasteiger partial charge on any atom is -0.611 e. The third kappa shape index (κ3) is 1.93. The number of nitrogens with one attached hydrogen (secondary N) is 1. The van der Waals surface area contributed by atoms with E-state index in [-0.39, 0.29) is 5.54 Å². The summed E-state index contributed by atoms with van der Waals surface area (Å²) in [5, 5.41) is 11.3. The second-order valence-corrected chi connectivity index (χ2v) is 3.32. The normalized spacial score (nSPS) is 19.3. The highest BCUT2D eigenvalue weighted by Gasteiger charge is 2.26. The Kier molecular flexibility index (Phi) is 2.22. The smallest absolute Gasteiger partial charge is 0.108 e. The Morgan fingerprint density at radius 1 is 1.33 bits per heavy atom. The van der Waals surface area contributed by atoms with Crippen LogP contribution in [0.3, 0.4) is 0 Å². The fourth-order valence-electron chi connectivity index (χ4n) is 0.335. The summed E-state index contributed by atoms with van der Waals surface area (Å²) in [5.74, 6) is 0.